The number of amides is 1. The van der Waals surface area contributed by atoms with Gasteiger partial charge in [-0.1, -0.05) is 72.0 Å². The summed E-state index contributed by atoms with van der Waals surface area (Å²) < 4.78 is 6.49. The molecule has 32 heavy (non-hydrogen) atoms. The first-order chi connectivity index (χ1) is 15.4. The van der Waals surface area contributed by atoms with Gasteiger partial charge in [0.15, 0.2) is 10.1 Å². The van der Waals surface area contributed by atoms with Crippen LogP contribution >= 0.6 is 24.0 Å². The fourth-order valence-electron chi connectivity index (χ4n) is 3.25. The number of rotatable bonds is 6. The second-order valence-corrected chi connectivity index (χ2v) is 9.11. The van der Waals surface area contributed by atoms with Crippen LogP contribution in [-0.2, 0) is 11.4 Å². The molecule has 0 bridgehead atoms. The lowest BCUT2D eigenvalue weighted by atomic mass is 10.1. The number of carbonyl (C=O) groups is 2. The van der Waals surface area contributed by atoms with Crippen LogP contribution in [0.3, 0.4) is 0 Å². The van der Waals surface area contributed by atoms with Gasteiger partial charge in [0.1, 0.15) is 12.4 Å². The molecular formula is C26H21NO3S2. The minimum atomic E-state index is -0.191. The molecule has 1 aliphatic heterocycles. The molecule has 1 heterocycles. The number of ether oxygens (including phenoxy) is 1. The quantitative estimate of drug-likeness (QED) is 0.250. The Morgan fingerprint density at radius 2 is 1.72 bits per heavy atom. The summed E-state index contributed by atoms with van der Waals surface area (Å²) >= 11 is 6.72. The number of nitrogens with zero attached hydrogens (tertiary/aromatic N) is 1. The van der Waals surface area contributed by atoms with E-state index in [0.29, 0.717) is 32.8 Å². The van der Waals surface area contributed by atoms with Gasteiger partial charge in [-0.15, -0.1) is 0 Å². The molecule has 0 aromatic heterocycles. The van der Waals surface area contributed by atoms with Crippen LogP contribution in [0.25, 0.3) is 6.08 Å². The van der Waals surface area contributed by atoms with Crippen LogP contribution in [0.4, 0.5) is 5.69 Å². The normalized spacial score (nSPS) is 14.8. The summed E-state index contributed by atoms with van der Waals surface area (Å²) in [4.78, 5) is 26.6. The van der Waals surface area contributed by atoms with Crippen LogP contribution in [0.5, 0.6) is 5.75 Å². The Kier molecular flexibility index (Phi) is 6.53. The number of carbonyl (C=O) groups excluding carboxylic acids is 2. The number of benzene rings is 3. The zero-order valence-corrected chi connectivity index (χ0v) is 19.3. The molecule has 3 aromatic carbocycles. The lowest BCUT2D eigenvalue weighted by molar-refractivity contribution is -0.113. The SMILES string of the molecule is CC(=O)c1ccc(N2C(=O)/C(=C/c3ccccc3OCc3ccc(C)cc3)SC2=S)cc1. The Hall–Kier alpha value is -3.22. The van der Waals surface area contributed by atoms with Crippen molar-refractivity contribution in [1.29, 1.82) is 0 Å². The largest absolute Gasteiger partial charge is 0.488 e. The van der Waals surface area contributed by atoms with E-state index in [1.54, 1.807) is 24.3 Å². The van der Waals surface area contributed by atoms with Crippen molar-refractivity contribution in [2.45, 2.75) is 20.5 Å². The Bertz CT molecular complexity index is 1210. The molecule has 3 aromatic rings. The molecule has 160 valence electrons. The molecule has 0 aliphatic carbocycles. The standard InChI is InChI=1S/C26H21NO3S2/c1-17-7-9-19(10-8-17)16-30-23-6-4-3-5-21(23)15-24-25(29)27(26(31)32-24)22-13-11-20(12-14-22)18(2)28/h3-15H,16H2,1-2H3/b24-15-. The van der Waals surface area contributed by atoms with Gasteiger partial charge in [0.2, 0.25) is 0 Å². The number of para-hydroxylation sites is 1. The second-order valence-electron chi connectivity index (χ2n) is 7.43. The molecule has 1 aliphatic rings. The summed E-state index contributed by atoms with van der Waals surface area (Å²) in [5.41, 5.74) is 4.32. The summed E-state index contributed by atoms with van der Waals surface area (Å²) in [6.45, 7) is 4.00. The van der Waals surface area contributed by atoms with Gasteiger partial charge in [0.05, 0.1) is 10.6 Å². The predicted molar refractivity (Wildman–Crippen MR) is 134 cm³/mol. The van der Waals surface area contributed by atoms with Gasteiger partial charge in [0, 0.05) is 11.1 Å². The minimum Gasteiger partial charge on any atom is -0.488 e. The van der Waals surface area contributed by atoms with Crippen molar-refractivity contribution in [3.8, 4) is 5.75 Å². The minimum absolute atomic E-state index is 0.0240. The van der Waals surface area contributed by atoms with Crippen molar-refractivity contribution in [2.75, 3.05) is 4.90 Å². The molecule has 0 N–H and O–H groups in total. The number of aryl methyl sites for hydroxylation is 1. The number of hydrogen-bond donors (Lipinski definition) is 0. The number of thioether (sulfide) groups is 1. The van der Waals surface area contributed by atoms with E-state index >= 15 is 0 Å². The van der Waals surface area contributed by atoms with E-state index in [0.717, 1.165) is 11.1 Å². The lowest BCUT2D eigenvalue weighted by Gasteiger charge is -2.14. The van der Waals surface area contributed by atoms with E-state index in [4.69, 9.17) is 17.0 Å². The molecule has 0 radical (unpaired) electrons. The van der Waals surface area contributed by atoms with Gasteiger partial charge in [-0.05, 0) is 55.8 Å². The van der Waals surface area contributed by atoms with Crippen molar-refractivity contribution < 1.29 is 14.3 Å². The number of ketones is 1. The maximum absolute atomic E-state index is 13.1. The fourth-order valence-corrected chi connectivity index (χ4v) is 4.54. The molecule has 1 saturated heterocycles. The maximum atomic E-state index is 13.1. The van der Waals surface area contributed by atoms with E-state index in [2.05, 4.69) is 12.1 Å². The van der Waals surface area contributed by atoms with E-state index < -0.39 is 0 Å². The Morgan fingerprint density at radius 1 is 1.03 bits per heavy atom. The van der Waals surface area contributed by atoms with Crippen molar-refractivity contribution in [3.63, 3.8) is 0 Å². The first-order valence-corrected chi connectivity index (χ1v) is 11.3. The second kappa shape index (κ2) is 9.51. The molecule has 0 unspecified atom stereocenters. The average Bonchev–Trinajstić information content (AvgIpc) is 3.07. The van der Waals surface area contributed by atoms with Crippen molar-refractivity contribution >= 4 is 51.8 Å². The van der Waals surface area contributed by atoms with Gasteiger partial charge in [-0.25, -0.2) is 0 Å². The first kappa shape index (κ1) is 22.0. The molecule has 4 nitrogen and oxygen atoms in total. The van der Waals surface area contributed by atoms with E-state index in [1.807, 2.05) is 49.4 Å². The third kappa shape index (κ3) is 4.82. The Morgan fingerprint density at radius 3 is 2.41 bits per heavy atom. The number of thiocarbonyl (C=S) groups is 1. The number of anilines is 1. The van der Waals surface area contributed by atoms with E-state index in [9.17, 15) is 9.59 Å². The summed E-state index contributed by atoms with van der Waals surface area (Å²) in [6.07, 6.45) is 1.81. The molecule has 0 atom stereocenters. The highest BCUT2D eigenvalue weighted by molar-refractivity contribution is 8.27. The zero-order chi connectivity index (χ0) is 22.7. The molecule has 4 rings (SSSR count). The first-order valence-electron chi connectivity index (χ1n) is 10.1. The van der Waals surface area contributed by atoms with Crippen molar-refractivity contribution in [2.24, 2.45) is 0 Å². The van der Waals surface area contributed by atoms with Crippen LogP contribution in [0.1, 0.15) is 34.0 Å². The average molecular weight is 460 g/mol. The Labute approximate surface area is 196 Å². The van der Waals surface area contributed by atoms with Gasteiger partial charge in [-0.3, -0.25) is 14.5 Å². The van der Waals surface area contributed by atoms with Crippen LogP contribution in [0.2, 0.25) is 0 Å². The highest BCUT2D eigenvalue weighted by Gasteiger charge is 2.33. The summed E-state index contributed by atoms with van der Waals surface area (Å²) in [5.74, 6) is 0.483. The molecule has 1 fully saturated rings. The van der Waals surface area contributed by atoms with Crippen LogP contribution < -0.4 is 9.64 Å². The van der Waals surface area contributed by atoms with Crippen LogP contribution in [0, 0.1) is 6.92 Å². The molecule has 1 amide bonds. The summed E-state index contributed by atoms with van der Waals surface area (Å²) in [5, 5.41) is 0. The maximum Gasteiger partial charge on any atom is 0.270 e. The fraction of sp³-hybridized carbons (Fsp3) is 0.115. The molecule has 6 heteroatoms. The third-order valence-electron chi connectivity index (χ3n) is 5.05. The van der Waals surface area contributed by atoms with E-state index in [1.165, 1.54) is 29.1 Å². The van der Waals surface area contributed by atoms with E-state index in [-0.39, 0.29) is 11.7 Å². The van der Waals surface area contributed by atoms with Gasteiger partial charge < -0.3 is 4.74 Å². The van der Waals surface area contributed by atoms with Crippen molar-refractivity contribution in [1.82, 2.24) is 0 Å². The molecule has 0 saturated carbocycles. The summed E-state index contributed by atoms with van der Waals surface area (Å²) in [6, 6.07) is 22.7. The topological polar surface area (TPSA) is 46.6 Å². The lowest BCUT2D eigenvalue weighted by Crippen LogP contribution is -2.27. The van der Waals surface area contributed by atoms with Gasteiger partial charge >= 0.3 is 0 Å². The van der Waals surface area contributed by atoms with Gasteiger partial charge in [-0.2, -0.15) is 0 Å². The predicted octanol–water partition coefficient (Wildman–Crippen LogP) is 6.18. The number of hydrogen-bond acceptors (Lipinski definition) is 5. The third-order valence-corrected chi connectivity index (χ3v) is 6.35. The smallest absolute Gasteiger partial charge is 0.270 e. The monoisotopic (exact) mass is 459 g/mol. The van der Waals surface area contributed by atoms with Crippen LogP contribution in [0.15, 0.2) is 77.7 Å². The zero-order valence-electron chi connectivity index (χ0n) is 17.7. The van der Waals surface area contributed by atoms with Crippen molar-refractivity contribution in [3.05, 3.63) is 100.0 Å². The molecular weight excluding hydrogens is 438 g/mol. The highest BCUT2D eigenvalue weighted by atomic mass is 32.2. The van der Waals surface area contributed by atoms with Crippen LogP contribution in [-0.4, -0.2) is 16.0 Å². The highest BCUT2D eigenvalue weighted by Crippen LogP contribution is 2.37. The molecule has 0 spiro atoms. The summed E-state index contributed by atoms with van der Waals surface area (Å²) in [7, 11) is 0. The van der Waals surface area contributed by atoms with Gasteiger partial charge in [0.25, 0.3) is 5.91 Å². The Balaban J connectivity index is 1.55. The number of Topliss-reactive ketones (excluding diaryl/α,β-unsaturated/α-hetero) is 1.